The minimum atomic E-state index is -0.201. The zero-order valence-corrected chi connectivity index (χ0v) is 15.3. The lowest BCUT2D eigenvalue weighted by molar-refractivity contribution is 0.617. The van der Waals surface area contributed by atoms with E-state index in [0.717, 1.165) is 53.4 Å². The van der Waals surface area contributed by atoms with Crippen LogP contribution in [0.4, 0.5) is 15.9 Å². The maximum Gasteiger partial charge on any atom is 0.154 e. The predicted molar refractivity (Wildman–Crippen MR) is 109 cm³/mol. The van der Waals surface area contributed by atoms with Crippen LogP contribution in [0, 0.1) is 5.82 Å². The van der Waals surface area contributed by atoms with Crippen LogP contribution < -0.4 is 10.6 Å². The molecule has 0 spiro atoms. The fourth-order valence-electron chi connectivity index (χ4n) is 3.97. The lowest BCUT2D eigenvalue weighted by Gasteiger charge is -2.26. The SMILES string of the molecule is Nc1ccc(-c2cnc3ccc(N4CCC[C@H]4c4cccc(F)c4)nn23)cc1. The largest absolute Gasteiger partial charge is 0.399 e. The lowest BCUT2D eigenvalue weighted by atomic mass is 10.0. The van der Waals surface area contributed by atoms with E-state index in [0.29, 0.717) is 0 Å². The summed E-state index contributed by atoms with van der Waals surface area (Å²) in [4.78, 5) is 6.73. The molecule has 2 N–H and O–H groups in total. The molecule has 0 aliphatic carbocycles. The molecule has 4 aromatic rings. The van der Waals surface area contributed by atoms with Crippen molar-refractivity contribution in [2.24, 2.45) is 0 Å². The maximum absolute atomic E-state index is 13.7. The molecule has 1 aliphatic heterocycles. The van der Waals surface area contributed by atoms with Gasteiger partial charge in [-0.25, -0.2) is 13.9 Å². The first-order chi connectivity index (χ1) is 13.7. The van der Waals surface area contributed by atoms with Crippen molar-refractivity contribution in [2.75, 3.05) is 17.2 Å². The van der Waals surface area contributed by atoms with Gasteiger partial charge >= 0.3 is 0 Å². The van der Waals surface area contributed by atoms with Gasteiger partial charge in [0.25, 0.3) is 0 Å². The van der Waals surface area contributed by atoms with Gasteiger partial charge in [0.05, 0.1) is 17.9 Å². The zero-order valence-electron chi connectivity index (χ0n) is 15.3. The summed E-state index contributed by atoms with van der Waals surface area (Å²) >= 11 is 0. The Morgan fingerprint density at radius 3 is 2.71 bits per heavy atom. The Balaban J connectivity index is 1.55. The summed E-state index contributed by atoms with van der Waals surface area (Å²) in [5.41, 5.74) is 10.2. The van der Waals surface area contributed by atoms with E-state index in [1.165, 1.54) is 6.07 Å². The highest BCUT2D eigenvalue weighted by molar-refractivity contribution is 5.65. The van der Waals surface area contributed by atoms with Gasteiger partial charge in [-0.3, -0.25) is 0 Å². The van der Waals surface area contributed by atoms with Crippen LogP contribution in [0.15, 0.2) is 66.9 Å². The average Bonchev–Trinajstić information content (AvgIpc) is 3.35. The molecule has 1 aliphatic rings. The van der Waals surface area contributed by atoms with Crippen LogP contribution in [0.2, 0.25) is 0 Å². The molecule has 1 fully saturated rings. The number of hydrogen-bond donors (Lipinski definition) is 1. The normalized spacial score (nSPS) is 16.8. The number of halogens is 1. The van der Waals surface area contributed by atoms with Crippen molar-refractivity contribution in [2.45, 2.75) is 18.9 Å². The maximum atomic E-state index is 13.7. The van der Waals surface area contributed by atoms with Crippen molar-refractivity contribution in [1.29, 1.82) is 0 Å². The van der Waals surface area contributed by atoms with Gasteiger partial charge in [0.15, 0.2) is 5.65 Å². The molecule has 5 nitrogen and oxygen atoms in total. The second-order valence-electron chi connectivity index (χ2n) is 7.13. The Bertz CT molecular complexity index is 1140. The highest BCUT2D eigenvalue weighted by Crippen LogP contribution is 2.35. The second-order valence-corrected chi connectivity index (χ2v) is 7.13. The third kappa shape index (κ3) is 2.87. The summed E-state index contributed by atoms with van der Waals surface area (Å²) in [6, 6.07) is 18.7. The van der Waals surface area contributed by atoms with Crippen LogP contribution in [-0.2, 0) is 0 Å². The van der Waals surface area contributed by atoms with E-state index >= 15 is 0 Å². The van der Waals surface area contributed by atoms with Gasteiger partial charge in [0, 0.05) is 17.8 Å². The summed E-state index contributed by atoms with van der Waals surface area (Å²) in [7, 11) is 0. The molecule has 0 amide bonds. The van der Waals surface area contributed by atoms with Gasteiger partial charge in [-0.05, 0) is 54.8 Å². The van der Waals surface area contributed by atoms with E-state index in [-0.39, 0.29) is 11.9 Å². The number of hydrogen-bond acceptors (Lipinski definition) is 4. The van der Waals surface area contributed by atoms with E-state index < -0.39 is 0 Å². The van der Waals surface area contributed by atoms with Crippen LogP contribution in [0.1, 0.15) is 24.4 Å². The van der Waals surface area contributed by atoms with Gasteiger partial charge in [0.2, 0.25) is 0 Å². The van der Waals surface area contributed by atoms with E-state index in [9.17, 15) is 4.39 Å². The molecule has 0 radical (unpaired) electrons. The number of anilines is 2. The fraction of sp³-hybridized carbons (Fsp3) is 0.182. The number of benzene rings is 2. The summed E-state index contributed by atoms with van der Waals surface area (Å²) < 4.78 is 15.6. The van der Waals surface area contributed by atoms with E-state index in [4.69, 9.17) is 10.8 Å². The Kier molecular flexibility index (Phi) is 3.97. The first-order valence-corrected chi connectivity index (χ1v) is 9.42. The van der Waals surface area contributed by atoms with E-state index in [1.807, 2.05) is 53.2 Å². The smallest absolute Gasteiger partial charge is 0.154 e. The van der Waals surface area contributed by atoms with Crippen molar-refractivity contribution in [3.63, 3.8) is 0 Å². The van der Waals surface area contributed by atoms with Gasteiger partial charge in [-0.2, -0.15) is 0 Å². The Hall–Kier alpha value is -3.41. The molecule has 0 saturated carbocycles. The minimum absolute atomic E-state index is 0.129. The molecule has 0 unspecified atom stereocenters. The topological polar surface area (TPSA) is 59.5 Å². The monoisotopic (exact) mass is 373 g/mol. The summed E-state index contributed by atoms with van der Waals surface area (Å²) in [6.45, 7) is 0.894. The predicted octanol–water partition coefficient (Wildman–Crippen LogP) is 4.46. The molecule has 1 saturated heterocycles. The molecule has 5 rings (SSSR count). The second kappa shape index (κ2) is 6.64. The molecule has 0 bridgehead atoms. The third-order valence-corrected chi connectivity index (χ3v) is 5.34. The number of fused-ring (bicyclic) bond motifs is 1. The van der Waals surface area contributed by atoms with Crippen molar-refractivity contribution >= 4 is 17.2 Å². The number of rotatable bonds is 3. The van der Waals surface area contributed by atoms with Crippen molar-refractivity contribution in [1.82, 2.24) is 14.6 Å². The molecule has 3 heterocycles. The number of imidazole rings is 1. The number of nitrogen functional groups attached to an aromatic ring is 1. The molecule has 6 heteroatoms. The average molecular weight is 373 g/mol. The first kappa shape index (κ1) is 16.7. The van der Waals surface area contributed by atoms with Gasteiger partial charge in [-0.1, -0.05) is 24.3 Å². The van der Waals surface area contributed by atoms with Gasteiger partial charge < -0.3 is 10.6 Å². The van der Waals surface area contributed by atoms with Crippen molar-refractivity contribution in [3.05, 3.63) is 78.2 Å². The Morgan fingerprint density at radius 1 is 1.04 bits per heavy atom. The molecule has 28 heavy (non-hydrogen) atoms. The van der Waals surface area contributed by atoms with E-state index in [2.05, 4.69) is 9.88 Å². The fourth-order valence-corrected chi connectivity index (χ4v) is 3.97. The molecule has 2 aromatic heterocycles. The van der Waals surface area contributed by atoms with Crippen molar-refractivity contribution in [3.8, 4) is 11.3 Å². The summed E-state index contributed by atoms with van der Waals surface area (Å²) in [5, 5.41) is 4.87. The first-order valence-electron chi connectivity index (χ1n) is 9.42. The third-order valence-electron chi connectivity index (χ3n) is 5.34. The van der Waals surface area contributed by atoms with Crippen LogP contribution in [0.3, 0.4) is 0 Å². The highest BCUT2D eigenvalue weighted by atomic mass is 19.1. The van der Waals surface area contributed by atoms with Gasteiger partial charge in [0.1, 0.15) is 11.6 Å². The molecular weight excluding hydrogens is 353 g/mol. The number of nitrogens with zero attached hydrogens (tertiary/aromatic N) is 4. The highest BCUT2D eigenvalue weighted by Gasteiger charge is 2.28. The van der Waals surface area contributed by atoms with Crippen LogP contribution >= 0.6 is 0 Å². The van der Waals surface area contributed by atoms with Crippen LogP contribution in [0.25, 0.3) is 16.9 Å². The molecule has 1 atom stereocenters. The quantitative estimate of drug-likeness (QED) is 0.539. The molecule has 140 valence electrons. The standard InChI is InChI=1S/C22H20FN5/c23-17-4-1-3-16(13-17)19-5-2-12-27(19)22-11-10-21-25-14-20(28(21)26-22)15-6-8-18(24)9-7-15/h1,3-4,6-11,13-14,19H,2,5,12,24H2/t19-/m0/s1. The van der Waals surface area contributed by atoms with Gasteiger partial charge in [-0.15, -0.1) is 5.10 Å². The molecular formula is C22H20FN5. The summed E-state index contributed by atoms with van der Waals surface area (Å²) in [6.07, 6.45) is 3.86. The zero-order chi connectivity index (χ0) is 19.1. The lowest BCUT2D eigenvalue weighted by Crippen LogP contribution is -2.24. The number of aromatic nitrogens is 3. The minimum Gasteiger partial charge on any atom is -0.399 e. The Morgan fingerprint density at radius 2 is 1.89 bits per heavy atom. The molecule has 2 aromatic carbocycles. The Labute approximate surface area is 162 Å². The number of nitrogens with two attached hydrogens (primary N) is 1. The summed E-state index contributed by atoms with van der Waals surface area (Å²) in [5.74, 6) is 0.668. The van der Waals surface area contributed by atoms with E-state index in [1.54, 1.807) is 12.1 Å². The van der Waals surface area contributed by atoms with Crippen LogP contribution in [0.5, 0.6) is 0 Å². The van der Waals surface area contributed by atoms with Crippen LogP contribution in [-0.4, -0.2) is 21.1 Å². The van der Waals surface area contributed by atoms with Crippen molar-refractivity contribution < 1.29 is 4.39 Å².